The molecule has 0 saturated carbocycles. The van der Waals surface area contributed by atoms with Gasteiger partial charge >= 0.3 is 6.09 Å². The number of carbonyl (C=O) groups is 2. The van der Waals surface area contributed by atoms with Crippen molar-refractivity contribution in [1.29, 1.82) is 0 Å². The molecule has 1 saturated heterocycles. The summed E-state index contributed by atoms with van der Waals surface area (Å²) in [4.78, 5) is 26.0. The summed E-state index contributed by atoms with van der Waals surface area (Å²) in [6, 6.07) is 0. The van der Waals surface area contributed by atoms with E-state index in [9.17, 15) is 9.59 Å². The summed E-state index contributed by atoms with van der Waals surface area (Å²) in [5, 5.41) is 0. The summed E-state index contributed by atoms with van der Waals surface area (Å²) >= 11 is 0. The minimum absolute atomic E-state index is 0.205. The molecule has 0 unspecified atom stereocenters. The van der Waals surface area contributed by atoms with Crippen LogP contribution in [0.15, 0.2) is 0 Å². The number of amides is 2. The molecule has 0 aromatic carbocycles. The van der Waals surface area contributed by atoms with E-state index < -0.39 is 11.8 Å². The SMILES string of the molecule is CCN1CC(=O)N(C(=O)OC)C1(C)C. The van der Waals surface area contributed by atoms with Crippen molar-refractivity contribution in [1.82, 2.24) is 9.80 Å². The van der Waals surface area contributed by atoms with Gasteiger partial charge in [0.1, 0.15) is 5.66 Å². The van der Waals surface area contributed by atoms with Crippen LogP contribution < -0.4 is 0 Å². The number of imide groups is 1. The van der Waals surface area contributed by atoms with Gasteiger partial charge in [-0.3, -0.25) is 9.69 Å². The molecule has 2 amide bonds. The maximum Gasteiger partial charge on any atom is 0.417 e. The number of likely N-dealkylation sites (N-methyl/N-ethyl adjacent to an activating group) is 1. The van der Waals surface area contributed by atoms with Crippen molar-refractivity contribution >= 4 is 12.0 Å². The molecule has 0 aromatic rings. The average molecular weight is 200 g/mol. The van der Waals surface area contributed by atoms with Gasteiger partial charge in [-0.05, 0) is 20.4 Å². The quantitative estimate of drug-likeness (QED) is 0.623. The summed E-state index contributed by atoms with van der Waals surface area (Å²) in [6.45, 7) is 6.62. The van der Waals surface area contributed by atoms with E-state index in [-0.39, 0.29) is 12.5 Å². The number of nitrogens with zero attached hydrogens (tertiary/aromatic N) is 2. The molecule has 1 aliphatic heterocycles. The molecule has 0 atom stereocenters. The van der Waals surface area contributed by atoms with Crippen molar-refractivity contribution < 1.29 is 14.3 Å². The lowest BCUT2D eigenvalue weighted by molar-refractivity contribution is -0.127. The van der Waals surface area contributed by atoms with Crippen LogP contribution in [0.25, 0.3) is 0 Å². The van der Waals surface area contributed by atoms with E-state index in [4.69, 9.17) is 0 Å². The summed E-state index contributed by atoms with van der Waals surface area (Å²) in [7, 11) is 1.28. The fraction of sp³-hybridized carbons (Fsp3) is 0.778. The number of carbonyl (C=O) groups excluding carboxylic acids is 2. The first kappa shape index (κ1) is 11.0. The molecular formula is C9H16N2O3. The van der Waals surface area contributed by atoms with Crippen LogP contribution in [-0.2, 0) is 9.53 Å². The van der Waals surface area contributed by atoms with Gasteiger partial charge in [-0.1, -0.05) is 6.92 Å². The Morgan fingerprint density at radius 3 is 2.50 bits per heavy atom. The Morgan fingerprint density at radius 1 is 1.57 bits per heavy atom. The van der Waals surface area contributed by atoms with E-state index in [1.807, 2.05) is 25.7 Å². The number of hydrogen-bond donors (Lipinski definition) is 0. The number of methoxy groups -OCH3 is 1. The number of rotatable bonds is 1. The predicted molar refractivity (Wildman–Crippen MR) is 50.6 cm³/mol. The maximum absolute atomic E-state index is 11.5. The smallest absolute Gasteiger partial charge is 0.417 e. The van der Waals surface area contributed by atoms with E-state index >= 15 is 0 Å². The van der Waals surface area contributed by atoms with E-state index in [1.165, 1.54) is 7.11 Å². The third-order valence-corrected chi connectivity index (χ3v) is 2.64. The lowest BCUT2D eigenvalue weighted by Crippen LogP contribution is -2.51. The van der Waals surface area contributed by atoms with Crippen LogP contribution in [0.2, 0.25) is 0 Å². The molecule has 0 spiro atoms. The second-order valence-corrected chi connectivity index (χ2v) is 3.71. The van der Waals surface area contributed by atoms with Crippen molar-refractivity contribution in [2.75, 3.05) is 20.2 Å². The number of ether oxygens (including phenoxy) is 1. The lowest BCUT2D eigenvalue weighted by Gasteiger charge is -2.34. The van der Waals surface area contributed by atoms with Crippen LogP contribution in [0.5, 0.6) is 0 Å². The third kappa shape index (κ3) is 1.48. The topological polar surface area (TPSA) is 49.9 Å². The van der Waals surface area contributed by atoms with Crippen LogP contribution in [0, 0.1) is 0 Å². The average Bonchev–Trinajstić information content (AvgIpc) is 2.35. The molecule has 0 radical (unpaired) electrons. The van der Waals surface area contributed by atoms with Crippen molar-refractivity contribution in [2.45, 2.75) is 26.4 Å². The maximum atomic E-state index is 11.5. The zero-order chi connectivity index (χ0) is 10.9. The molecule has 0 N–H and O–H groups in total. The Labute approximate surface area is 83.6 Å². The molecule has 5 nitrogen and oxygen atoms in total. The van der Waals surface area contributed by atoms with Gasteiger partial charge in [-0.25, -0.2) is 9.69 Å². The van der Waals surface area contributed by atoms with Crippen LogP contribution in [-0.4, -0.2) is 47.7 Å². The van der Waals surface area contributed by atoms with Gasteiger partial charge in [0.15, 0.2) is 0 Å². The highest BCUT2D eigenvalue weighted by Crippen LogP contribution is 2.27. The Bertz CT molecular complexity index is 263. The molecule has 80 valence electrons. The van der Waals surface area contributed by atoms with Gasteiger partial charge in [0.25, 0.3) is 0 Å². The van der Waals surface area contributed by atoms with Gasteiger partial charge in [-0.15, -0.1) is 0 Å². The van der Waals surface area contributed by atoms with Crippen LogP contribution >= 0.6 is 0 Å². The molecular weight excluding hydrogens is 184 g/mol. The highest BCUT2D eigenvalue weighted by Gasteiger charge is 2.47. The lowest BCUT2D eigenvalue weighted by atomic mass is 10.2. The molecule has 0 aromatic heterocycles. The predicted octanol–water partition coefficient (Wildman–Crippen LogP) is 0.653. The van der Waals surface area contributed by atoms with Crippen molar-refractivity contribution in [3.05, 3.63) is 0 Å². The first-order valence-corrected chi connectivity index (χ1v) is 4.61. The second-order valence-electron chi connectivity index (χ2n) is 3.71. The van der Waals surface area contributed by atoms with Crippen molar-refractivity contribution in [3.63, 3.8) is 0 Å². The molecule has 0 aliphatic carbocycles. The Balaban J connectivity index is 2.95. The van der Waals surface area contributed by atoms with Gasteiger partial charge in [0, 0.05) is 0 Å². The normalized spacial score (nSPS) is 21.4. The summed E-state index contributed by atoms with van der Waals surface area (Å²) < 4.78 is 4.57. The molecule has 5 heteroatoms. The second kappa shape index (κ2) is 3.57. The van der Waals surface area contributed by atoms with Crippen LogP contribution in [0.1, 0.15) is 20.8 Å². The monoisotopic (exact) mass is 200 g/mol. The van der Waals surface area contributed by atoms with E-state index in [0.29, 0.717) is 0 Å². The molecule has 1 fully saturated rings. The van der Waals surface area contributed by atoms with Crippen LogP contribution in [0.4, 0.5) is 4.79 Å². The first-order valence-electron chi connectivity index (χ1n) is 4.61. The highest BCUT2D eigenvalue weighted by molar-refractivity contribution is 5.95. The van der Waals surface area contributed by atoms with Gasteiger partial charge in [0.05, 0.1) is 13.7 Å². The first-order chi connectivity index (χ1) is 6.45. The van der Waals surface area contributed by atoms with Gasteiger partial charge in [0.2, 0.25) is 5.91 Å². The fourth-order valence-electron chi connectivity index (χ4n) is 1.79. The van der Waals surface area contributed by atoms with Crippen molar-refractivity contribution in [3.8, 4) is 0 Å². The molecule has 0 bridgehead atoms. The van der Waals surface area contributed by atoms with Gasteiger partial charge < -0.3 is 4.74 Å². The minimum Gasteiger partial charge on any atom is -0.452 e. The van der Waals surface area contributed by atoms with Crippen molar-refractivity contribution in [2.24, 2.45) is 0 Å². The zero-order valence-corrected chi connectivity index (χ0v) is 9.03. The molecule has 14 heavy (non-hydrogen) atoms. The largest absolute Gasteiger partial charge is 0.452 e. The summed E-state index contributed by atoms with van der Waals surface area (Å²) in [6.07, 6.45) is -0.587. The Hall–Kier alpha value is -1.10. The molecule has 1 heterocycles. The fourth-order valence-corrected chi connectivity index (χ4v) is 1.79. The highest BCUT2D eigenvalue weighted by atomic mass is 16.5. The summed E-state index contributed by atoms with van der Waals surface area (Å²) in [5.74, 6) is -0.205. The van der Waals surface area contributed by atoms with E-state index in [2.05, 4.69) is 4.74 Å². The third-order valence-electron chi connectivity index (χ3n) is 2.64. The summed E-state index contributed by atoms with van der Waals surface area (Å²) in [5.41, 5.74) is -0.584. The number of hydrogen-bond acceptors (Lipinski definition) is 4. The Morgan fingerprint density at radius 2 is 2.14 bits per heavy atom. The standard InChI is InChI=1S/C9H16N2O3/c1-5-10-6-7(12)11(8(13)14-4)9(10,2)3/h5-6H2,1-4H3. The Kier molecular flexibility index (Phi) is 2.80. The van der Waals surface area contributed by atoms with E-state index in [0.717, 1.165) is 11.4 Å². The molecule has 1 rings (SSSR count). The minimum atomic E-state index is -0.587. The van der Waals surface area contributed by atoms with Crippen LogP contribution in [0.3, 0.4) is 0 Å². The zero-order valence-electron chi connectivity index (χ0n) is 9.03. The van der Waals surface area contributed by atoms with Gasteiger partial charge in [-0.2, -0.15) is 0 Å². The van der Waals surface area contributed by atoms with E-state index in [1.54, 1.807) is 0 Å². The molecule has 1 aliphatic rings.